The third-order valence-corrected chi connectivity index (χ3v) is 5.79. The average Bonchev–Trinajstić information content (AvgIpc) is 3.09. The van der Waals surface area contributed by atoms with Crippen LogP contribution in [0.15, 0.2) is 35.8 Å². The largest absolute Gasteiger partial charge is 0.484 e. The van der Waals surface area contributed by atoms with Crippen molar-refractivity contribution >= 4 is 40.3 Å². The number of anilines is 1. The number of amides is 1. The highest BCUT2D eigenvalue weighted by Crippen LogP contribution is 2.37. The van der Waals surface area contributed by atoms with E-state index in [0.29, 0.717) is 17.3 Å². The number of hydrogen-bond acceptors (Lipinski definition) is 4. The Labute approximate surface area is 169 Å². The minimum absolute atomic E-state index is 0.104. The fourth-order valence-corrected chi connectivity index (χ4v) is 4.45. The zero-order valence-electron chi connectivity index (χ0n) is 14.8. The summed E-state index contributed by atoms with van der Waals surface area (Å²) in [5.74, 6) is 0.157. The van der Waals surface area contributed by atoms with Crippen molar-refractivity contribution in [1.82, 2.24) is 15.6 Å². The molecule has 2 heterocycles. The lowest BCUT2D eigenvalue weighted by Gasteiger charge is -2.28. The van der Waals surface area contributed by atoms with Crippen molar-refractivity contribution in [2.75, 3.05) is 5.32 Å². The fraction of sp³-hybridized carbons (Fsp3) is 0.389. The highest BCUT2D eigenvalue weighted by atomic mass is 32.1. The van der Waals surface area contributed by atoms with Gasteiger partial charge >= 0.3 is 6.30 Å². The fourth-order valence-electron chi connectivity index (χ4n) is 3.20. The van der Waals surface area contributed by atoms with Gasteiger partial charge in [0.15, 0.2) is 5.11 Å². The summed E-state index contributed by atoms with van der Waals surface area (Å²) in [5.41, 5.74) is 0.953. The second-order valence-corrected chi connectivity index (χ2v) is 7.90. The number of carbonyl (C=O) groups excluding carboxylic acids is 1. The van der Waals surface area contributed by atoms with Gasteiger partial charge in [-0.3, -0.25) is 15.1 Å². The lowest BCUT2D eigenvalue weighted by atomic mass is 9.85. The molecule has 10 heteroatoms. The highest BCUT2D eigenvalue weighted by molar-refractivity contribution is 7.80. The summed E-state index contributed by atoms with van der Waals surface area (Å²) in [4.78, 5) is 17.3. The van der Waals surface area contributed by atoms with Crippen molar-refractivity contribution in [3.8, 4) is 0 Å². The maximum atomic E-state index is 12.3. The van der Waals surface area contributed by atoms with E-state index in [1.54, 1.807) is 29.8 Å². The predicted molar refractivity (Wildman–Crippen MR) is 106 cm³/mol. The van der Waals surface area contributed by atoms with E-state index in [0.717, 1.165) is 30.6 Å². The van der Waals surface area contributed by atoms with Crippen LogP contribution in [0.1, 0.15) is 47.0 Å². The van der Waals surface area contributed by atoms with Crippen LogP contribution in [-0.2, 0) is 0 Å². The van der Waals surface area contributed by atoms with E-state index in [1.807, 2.05) is 6.07 Å². The average molecular weight is 429 g/mol. The lowest BCUT2D eigenvalue weighted by molar-refractivity contribution is -0.141. The van der Waals surface area contributed by atoms with E-state index >= 15 is 0 Å². The molecular weight excluding hydrogens is 409 g/mol. The molecule has 0 aliphatic heterocycles. The van der Waals surface area contributed by atoms with Gasteiger partial charge in [-0.2, -0.15) is 13.2 Å². The number of carbonyl (C=O) groups is 1. The first kappa shape index (κ1) is 20.5. The molecule has 1 aliphatic carbocycles. The minimum Gasteiger partial charge on any atom is -0.348 e. The van der Waals surface area contributed by atoms with Crippen molar-refractivity contribution in [1.29, 1.82) is 0 Å². The molecule has 28 heavy (non-hydrogen) atoms. The number of nitrogens with one attached hydrogen (secondary N) is 3. The maximum absolute atomic E-state index is 12.3. The van der Waals surface area contributed by atoms with Gasteiger partial charge in [0.2, 0.25) is 0 Å². The van der Waals surface area contributed by atoms with E-state index in [4.69, 9.17) is 0 Å². The molecule has 1 saturated carbocycles. The predicted octanol–water partition coefficient (Wildman–Crippen LogP) is 4.41. The van der Waals surface area contributed by atoms with Gasteiger partial charge in [-0.15, -0.1) is 11.3 Å². The minimum atomic E-state index is -4.55. The molecule has 5 nitrogen and oxygen atoms in total. The van der Waals surface area contributed by atoms with Crippen LogP contribution >= 0.6 is 23.6 Å². The second kappa shape index (κ2) is 8.87. The first-order valence-corrected chi connectivity index (χ1v) is 10.0. The van der Waals surface area contributed by atoms with Crippen LogP contribution in [0.2, 0.25) is 0 Å². The molecule has 150 valence electrons. The number of thiocarbonyl (C=S) groups is 1. The number of pyridine rings is 1. The molecule has 0 saturated heterocycles. The van der Waals surface area contributed by atoms with E-state index in [9.17, 15) is 18.0 Å². The highest BCUT2D eigenvalue weighted by Gasteiger charge is 2.29. The van der Waals surface area contributed by atoms with Crippen LogP contribution in [-0.4, -0.2) is 28.3 Å². The lowest BCUT2D eigenvalue weighted by Crippen LogP contribution is -2.39. The standard InChI is InChI=1S/C18H19F3N4OS2/c19-18(20,21)25-17(27)24-13-9-15(28-10-13)11-4-6-12(7-5-11)23-16(26)14-3-1-2-8-22-14/h1-3,8-12H,4-7H2,(H,23,26)(H2,24,25,27). The normalized spacial score (nSPS) is 19.7. The first-order chi connectivity index (χ1) is 13.3. The second-order valence-electron chi connectivity index (χ2n) is 6.55. The zero-order chi connectivity index (χ0) is 20.1. The summed E-state index contributed by atoms with van der Waals surface area (Å²) in [6.45, 7) is 0. The molecule has 2 aromatic rings. The Balaban J connectivity index is 1.48. The molecule has 1 fully saturated rings. The molecule has 2 aromatic heterocycles. The number of halogens is 3. The Bertz CT molecular complexity index is 818. The van der Waals surface area contributed by atoms with E-state index in [-0.39, 0.29) is 11.9 Å². The summed E-state index contributed by atoms with van der Waals surface area (Å²) in [6, 6.07) is 7.16. The molecular formula is C18H19F3N4OS2. The number of nitrogens with zero attached hydrogens (tertiary/aromatic N) is 1. The van der Waals surface area contributed by atoms with Gasteiger partial charge in [-0.05, 0) is 62.0 Å². The van der Waals surface area contributed by atoms with Gasteiger partial charge in [-0.25, -0.2) is 0 Å². The van der Waals surface area contributed by atoms with Crippen molar-refractivity contribution < 1.29 is 18.0 Å². The van der Waals surface area contributed by atoms with Crippen molar-refractivity contribution in [3.63, 3.8) is 0 Å². The topological polar surface area (TPSA) is 66.1 Å². The van der Waals surface area contributed by atoms with Gasteiger partial charge in [0.25, 0.3) is 5.91 Å². The Hall–Kier alpha value is -2.20. The maximum Gasteiger partial charge on any atom is 0.484 e. The summed E-state index contributed by atoms with van der Waals surface area (Å²) in [5, 5.41) is 8.13. The molecule has 0 bridgehead atoms. The van der Waals surface area contributed by atoms with E-state index in [1.165, 1.54) is 16.7 Å². The van der Waals surface area contributed by atoms with Gasteiger partial charge in [-0.1, -0.05) is 6.07 Å². The number of rotatable bonds is 4. The van der Waals surface area contributed by atoms with Crippen LogP contribution in [0.25, 0.3) is 0 Å². The van der Waals surface area contributed by atoms with Gasteiger partial charge in [0.05, 0.1) is 5.69 Å². The number of alkyl halides is 3. The zero-order valence-corrected chi connectivity index (χ0v) is 16.4. The summed E-state index contributed by atoms with van der Waals surface area (Å²) >= 11 is 6.16. The summed E-state index contributed by atoms with van der Waals surface area (Å²) < 4.78 is 36.8. The van der Waals surface area contributed by atoms with Crippen molar-refractivity contribution in [2.24, 2.45) is 0 Å². The molecule has 0 atom stereocenters. The number of hydrogen-bond donors (Lipinski definition) is 3. The molecule has 1 amide bonds. The monoisotopic (exact) mass is 428 g/mol. The van der Waals surface area contributed by atoms with Gasteiger partial charge in [0.1, 0.15) is 5.69 Å². The first-order valence-electron chi connectivity index (χ1n) is 8.76. The van der Waals surface area contributed by atoms with Crippen LogP contribution in [0, 0.1) is 0 Å². The molecule has 0 spiro atoms. The van der Waals surface area contributed by atoms with Crippen LogP contribution in [0.5, 0.6) is 0 Å². The van der Waals surface area contributed by atoms with E-state index in [2.05, 4.69) is 27.8 Å². The van der Waals surface area contributed by atoms with Gasteiger partial charge in [0, 0.05) is 22.5 Å². The third kappa shape index (κ3) is 5.90. The van der Waals surface area contributed by atoms with Crippen LogP contribution in [0.4, 0.5) is 18.9 Å². The molecule has 3 N–H and O–H groups in total. The van der Waals surface area contributed by atoms with Crippen LogP contribution < -0.4 is 16.0 Å². The van der Waals surface area contributed by atoms with E-state index < -0.39 is 11.4 Å². The Kier molecular flexibility index (Phi) is 6.50. The Morgan fingerprint density at radius 2 is 1.96 bits per heavy atom. The molecule has 0 unspecified atom stereocenters. The molecule has 1 aliphatic rings. The molecule has 3 rings (SSSR count). The smallest absolute Gasteiger partial charge is 0.348 e. The van der Waals surface area contributed by atoms with Gasteiger partial charge < -0.3 is 10.6 Å². The van der Waals surface area contributed by atoms with Crippen LogP contribution in [0.3, 0.4) is 0 Å². The SMILES string of the molecule is O=C(NC1CCC(c2cc(NC(=S)NC(F)(F)F)cs2)CC1)c1ccccn1. The van der Waals surface area contributed by atoms with Crippen molar-refractivity contribution in [3.05, 3.63) is 46.4 Å². The Morgan fingerprint density at radius 1 is 1.21 bits per heavy atom. The number of aromatic nitrogens is 1. The molecule has 0 radical (unpaired) electrons. The number of thiophene rings is 1. The van der Waals surface area contributed by atoms with Crippen molar-refractivity contribution in [2.45, 2.75) is 43.9 Å². The quantitative estimate of drug-likeness (QED) is 0.497. The summed E-state index contributed by atoms with van der Waals surface area (Å²) in [7, 11) is 0. The summed E-state index contributed by atoms with van der Waals surface area (Å²) in [6.07, 6.45) is 0.526. The third-order valence-electron chi connectivity index (χ3n) is 4.50. The Morgan fingerprint density at radius 3 is 2.61 bits per heavy atom. The molecule has 0 aromatic carbocycles.